The fourth-order valence-corrected chi connectivity index (χ4v) is 4.47. The number of amides is 1. The van der Waals surface area contributed by atoms with Crippen LogP contribution in [0.5, 0.6) is 5.75 Å². The maximum Gasteiger partial charge on any atom is 0.422 e. The van der Waals surface area contributed by atoms with Crippen LogP contribution in [0.25, 0.3) is 0 Å². The molecule has 3 aromatic rings. The Bertz CT molecular complexity index is 1180. The van der Waals surface area contributed by atoms with E-state index in [0.717, 1.165) is 0 Å². The quantitative estimate of drug-likeness (QED) is 0.489. The van der Waals surface area contributed by atoms with Crippen molar-refractivity contribution in [3.05, 3.63) is 84.4 Å². The number of hydrogen-bond donors (Lipinski definition) is 1. The molecule has 1 N–H and O–H groups in total. The molecule has 0 unspecified atom stereocenters. The summed E-state index contributed by atoms with van der Waals surface area (Å²) in [5.74, 6) is -0.489. The van der Waals surface area contributed by atoms with Crippen molar-refractivity contribution in [3.8, 4) is 5.75 Å². The van der Waals surface area contributed by atoms with Crippen molar-refractivity contribution < 1.29 is 31.1 Å². The van der Waals surface area contributed by atoms with Gasteiger partial charge in [-0.15, -0.1) is 0 Å². The Labute approximate surface area is 189 Å². The van der Waals surface area contributed by atoms with Gasteiger partial charge in [-0.1, -0.05) is 18.2 Å². The first kappa shape index (κ1) is 24.1. The third-order valence-corrected chi connectivity index (χ3v) is 6.47. The molecule has 0 atom stereocenters. The van der Waals surface area contributed by atoms with Crippen LogP contribution in [-0.4, -0.2) is 33.7 Å². The van der Waals surface area contributed by atoms with Gasteiger partial charge in [-0.3, -0.25) is 9.10 Å². The van der Waals surface area contributed by atoms with Crippen molar-refractivity contribution in [3.63, 3.8) is 0 Å². The number of benzene rings is 3. The highest BCUT2D eigenvalue weighted by Gasteiger charge is 2.28. The van der Waals surface area contributed by atoms with E-state index in [1.165, 1.54) is 52.8 Å². The molecule has 0 aliphatic rings. The molecule has 3 rings (SSSR count). The maximum absolute atomic E-state index is 13.0. The molecule has 174 valence electrons. The van der Waals surface area contributed by atoms with E-state index in [1.807, 2.05) is 0 Å². The molecule has 0 saturated carbocycles. The van der Waals surface area contributed by atoms with Crippen LogP contribution in [0, 0.1) is 0 Å². The molecule has 0 saturated heterocycles. The number of rotatable bonds is 8. The second-order valence-corrected chi connectivity index (χ2v) is 8.77. The summed E-state index contributed by atoms with van der Waals surface area (Å²) in [7, 11) is -3.82. The van der Waals surface area contributed by atoms with Gasteiger partial charge in [-0.05, 0) is 67.6 Å². The summed E-state index contributed by atoms with van der Waals surface area (Å²) >= 11 is 0. The van der Waals surface area contributed by atoms with E-state index in [1.54, 1.807) is 37.3 Å². The van der Waals surface area contributed by atoms with Gasteiger partial charge >= 0.3 is 6.18 Å². The summed E-state index contributed by atoms with van der Waals surface area (Å²) in [5.41, 5.74) is 1.09. The van der Waals surface area contributed by atoms with E-state index in [4.69, 9.17) is 0 Å². The van der Waals surface area contributed by atoms with Crippen LogP contribution in [0.3, 0.4) is 0 Å². The first-order chi connectivity index (χ1) is 15.6. The van der Waals surface area contributed by atoms with E-state index < -0.39 is 28.7 Å². The number of halogens is 3. The zero-order valence-corrected chi connectivity index (χ0v) is 18.4. The lowest BCUT2D eigenvalue weighted by Crippen LogP contribution is -2.30. The van der Waals surface area contributed by atoms with Crippen LogP contribution in [0.1, 0.15) is 17.3 Å². The van der Waals surface area contributed by atoms with Gasteiger partial charge in [0.2, 0.25) is 0 Å². The van der Waals surface area contributed by atoms with Crippen molar-refractivity contribution in [2.75, 3.05) is 22.8 Å². The van der Waals surface area contributed by atoms with Crippen LogP contribution >= 0.6 is 0 Å². The van der Waals surface area contributed by atoms with Gasteiger partial charge in [-0.25, -0.2) is 8.42 Å². The van der Waals surface area contributed by atoms with E-state index >= 15 is 0 Å². The summed E-state index contributed by atoms with van der Waals surface area (Å²) in [5, 5.41) is 2.60. The number of sulfonamides is 1. The molecule has 1 amide bonds. The molecule has 0 aromatic heterocycles. The molecule has 0 bridgehead atoms. The van der Waals surface area contributed by atoms with Gasteiger partial charge in [-0.2, -0.15) is 13.2 Å². The third-order valence-electron chi connectivity index (χ3n) is 4.55. The van der Waals surface area contributed by atoms with Crippen LogP contribution in [0.2, 0.25) is 0 Å². The zero-order chi connectivity index (χ0) is 24.1. The van der Waals surface area contributed by atoms with Gasteiger partial charge in [0.1, 0.15) is 5.75 Å². The highest BCUT2D eigenvalue weighted by molar-refractivity contribution is 7.92. The van der Waals surface area contributed by atoms with E-state index in [9.17, 15) is 26.4 Å². The average molecular weight is 478 g/mol. The van der Waals surface area contributed by atoms with Gasteiger partial charge in [0.05, 0.1) is 10.6 Å². The van der Waals surface area contributed by atoms with Crippen molar-refractivity contribution in [2.24, 2.45) is 0 Å². The molecular formula is C23H21F3N2O4S. The van der Waals surface area contributed by atoms with Crippen LogP contribution < -0.4 is 14.4 Å². The van der Waals surface area contributed by atoms with Crippen molar-refractivity contribution >= 4 is 27.3 Å². The maximum atomic E-state index is 13.0. The minimum atomic E-state index is -4.44. The van der Waals surface area contributed by atoms with E-state index in [-0.39, 0.29) is 22.8 Å². The topological polar surface area (TPSA) is 75.7 Å². The average Bonchev–Trinajstić information content (AvgIpc) is 2.79. The zero-order valence-electron chi connectivity index (χ0n) is 17.5. The van der Waals surface area contributed by atoms with Crippen molar-refractivity contribution in [2.45, 2.75) is 18.0 Å². The monoisotopic (exact) mass is 478 g/mol. The Morgan fingerprint density at radius 2 is 1.55 bits per heavy atom. The minimum Gasteiger partial charge on any atom is -0.484 e. The molecule has 0 spiro atoms. The Hall–Kier alpha value is -3.53. The first-order valence-electron chi connectivity index (χ1n) is 9.89. The number of carbonyl (C=O) groups excluding carboxylic acids is 1. The summed E-state index contributed by atoms with van der Waals surface area (Å²) in [6, 6.07) is 19.6. The number of para-hydroxylation sites is 1. The van der Waals surface area contributed by atoms with Crippen LogP contribution in [-0.2, 0) is 10.0 Å². The highest BCUT2D eigenvalue weighted by atomic mass is 32.2. The van der Waals surface area contributed by atoms with Crippen LogP contribution in [0.15, 0.2) is 83.8 Å². The number of nitrogens with zero attached hydrogens (tertiary/aromatic N) is 1. The number of nitrogens with one attached hydrogen (secondary N) is 1. The fourth-order valence-electron chi connectivity index (χ4n) is 2.99. The van der Waals surface area contributed by atoms with Gasteiger partial charge < -0.3 is 10.1 Å². The predicted molar refractivity (Wildman–Crippen MR) is 119 cm³/mol. The number of ether oxygens (including phenoxy) is 1. The molecule has 6 nitrogen and oxygen atoms in total. The van der Waals surface area contributed by atoms with E-state index in [2.05, 4.69) is 10.1 Å². The molecule has 0 aliphatic heterocycles. The predicted octanol–water partition coefficient (Wildman–Crippen LogP) is 5.10. The summed E-state index contributed by atoms with van der Waals surface area (Å²) in [6.45, 7) is 0.552. The summed E-state index contributed by atoms with van der Waals surface area (Å²) < 4.78 is 68.6. The Balaban J connectivity index is 1.69. The van der Waals surface area contributed by atoms with Crippen molar-refractivity contribution in [1.29, 1.82) is 0 Å². The smallest absolute Gasteiger partial charge is 0.422 e. The molecule has 0 radical (unpaired) electrons. The number of carbonyl (C=O) groups is 1. The normalized spacial score (nSPS) is 11.6. The summed E-state index contributed by atoms with van der Waals surface area (Å²) in [4.78, 5) is 12.5. The fraction of sp³-hybridized carbons (Fsp3) is 0.174. The standard InChI is InChI=1S/C23H21F3N2O4S/c1-2-28(19-6-4-3-5-7-19)33(30,31)21-14-8-17(9-15-21)22(29)27-18-10-12-20(13-11-18)32-16-23(24,25)26/h3-15H,2,16H2,1H3,(H,27,29). The number of anilines is 2. The number of alkyl halides is 3. The second-order valence-electron chi connectivity index (χ2n) is 6.91. The molecule has 0 fully saturated rings. The summed E-state index contributed by atoms with van der Waals surface area (Å²) in [6.07, 6.45) is -4.44. The molecule has 10 heteroatoms. The lowest BCUT2D eigenvalue weighted by atomic mass is 10.2. The number of hydrogen-bond acceptors (Lipinski definition) is 4. The molecule has 33 heavy (non-hydrogen) atoms. The molecule has 0 heterocycles. The van der Waals surface area contributed by atoms with Gasteiger partial charge in [0.15, 0.2) is 6.61 Å². The van der Waals surface area contributed by atoms with E-state index in [0.29, 0.717) is 11.4 Å². The molecule has 3 aromatic carbocycles. The third kappa shape index (κ3) is 6.26. The lowest BCUT2D eigenvalue weighted by Gasteiger charge is -2.23. The lowest BCUT2D eigenvalue weighted by molar-refractivity contribution is -0.153. The highest BCUT2D eigenvalue weighted by Crippen LogP contribution is 2.24. The van der Waals surface area contributed by atoms with Crippen molar-refractivity contribution in [1.82, 2.24) is 0 Å². The molecular weight excluding hydrogens is 457 g/mol. The molecule has 0 aliphatic carbocycles. The van der Waals surface area contributed by atoms with Gasteiger partial charge in [0.25, 0.3) is 15.9 Å². The largest absolute Gasteiger partial charge is 0.484 e. The Morgan fingerprint density at radius 3 is 2.09 bits per heavy atom. The minimum absolute atomic E-state index is 0.0128. The Kier molecular flexibility index (Phi) is 7.27. The second kappa shape index (κ2) is 9.95. The Morgan fingerprint density at radius 1 is 0.939 bits per heavy atom. The van der Waals surface area contributed by atoms with Crippen LogP contribution in [0.4, 0.5) is 24.5 Å². The van der Waals surface area contributed by atoms with Gasteiger partial charge in [0, 0.05) is 17.8 Å². The first-order valence-corrected chi connectivity index (χ1v) is 11.3. The SMILES string of the molecule is CCN(c1ccccc1)S(=O)(=O)c1ccc(C(=O)Nc2ccc(OCC(F)(F)F)cc2)cc1.